The Labute approximate surface area is 164 Å². The van der Waals surface area contributed by atoms with Gasteiger partial charge in [-0.05, 0) is 30.0 Å². The first-order valence-electron chi connectivity index (χ1n) is 9.05. The van der Waals surface area contributed by atoms with Crippen LogP contribution in [0.3, 0.4) is 0 Å². The minimum atomic E-state index is -0.975. The molecule has 2 aromatic rings. The van der Waals surface area contributed by atoms with Gasteiger partial charge in [0.15, 0.2) is 6.61 Å². The number of benzene rings is 2. The van der Waals surface area contributed by atoms with Crippen molar-refractivity contribution in [2.75, 3.05) is 11.9 Å². The number of carbonyl (C=O) groups excluding carboxylic acids is 3. The standard InChI is InChI=1S/C21H25N3O4/c1-3-16-11-7-8-14(2)19(16)24-18(25)13-28-20(26)17(23-21(22)27)12-15-9-5-4-6-10-15/h4-11,17H,3,12-13H2,1-2H3,(H,24,25)(H3,22,23,27)/t17-/m0/s1. The number of nitrogens with one attached hydrogen (secondary N) is 2. The van der Waals surface area contributed by atoms with E-state index < -0.39 is 30.6 Å². The third-order valence-corrected chi connectivity index (χ3v) is 4.23. The number of nitrogens with two attached hydrogens (primary N) is 1. The molecule has 0 aliphatic heterocycles. The van der Waals surface area contributed by atoms with Crippen molar-refractivity contribution in [3.63, 3.8) is 0 Å². The third-order valence-electron chi connectivity index (χ3n) is 4.23. The van der Waals surface area contributed by atoms with Gasteiger partial charge in [0.25, 0.3) is 5.91 Å². The van der Waals surface area contributed by atoms with Gasteiger partial charge < -0.3 is 21.1 Å². The van der Waals surface area contributed by atoms with Gasteiger partial charge in [0.05, 0.1) is 0 Å². The first-order valence-corrected chi connectivity index (χ1v) is 9.05. The molecule has 2 rings (SSSR count). The summed E-state index contributed by atoms with van der Waals surface area (Å²) in [6.07, 6.45) is 0.973. The van der Waals surface area contributed by atoms with Crippen molar-refractivity contribution >= 4 is 23.6 Å². The quantitative estimate of drug-likeness (QED) is 0.608. The molecule has 7 heteroatoms. The Morgan fingerprint density at radius 3 is 2.43 bits per heavy atom. The van der Waals surface area contributed by atoms with E-state index in [-0.39, 0.29) is 6.42 Å². The molecule has 7 nitrogen and oxygen atoms in total. The minimum Gasteiger partial charge on any atom is -0.454 e. The highest BCUT2D eigenvalue weighted by Gasteiger charge is 2.23. The molecule has 0 unspecified atom stereocenters. The zero-order valence-electron chi connectivity index (χ0n) is 16.0. The minimum absolute atomic E-state index is 0.210. The molecule has 0 spiro atoms. The van der Waals surface area contributed by atoms with Gasteiger partial charge in [-0.2, -0.15) is 0 Å². The van der Waals surface area contributed by atoms with Gasteiger partial charge in [-0.25, -0.2) is 9.59 Å². The second kappa shape index (κ2) is 10.1. The second-order valence-electron chi connectivity index (χ2n) is 6.37. The predicted molar refractivity (Wildman–Crippen MR) is 107 cm³/mol. The molecule has 0 radical (unpaired) electrons. The van der Waals surface area contributed by atoms with E-state index in [2.05, 4.69) is 10.6 Å². The van der Waals surface area contributed by atoms with Crippen molar-refractivity contribution < 1.29 is 19.1 Å². The van der Waals surface area contributed by atoms with Gasteiger partial charge in [0, 0.05) is 12.1 Å². The van der Waals surface area contributed by atoms with Gasteiger partial charge in [-0.1, -0.05) is 55.5 Å². The van der Waals surface area contributed by atoms with Crippen LogP contribution in [0, 0.1) is 6.92 Å². The average Bonchev–Trinajstić information content (AvgIpc) is 2.67. The van der Waals surface area contributed by atoms with E-state index in [1.165, 1.54) is 0 Å². The lowest BCUT2D eigenvalue weighted by molar-refractivity contribution is -0.149. The van der Waals surface area contributed by atoms with Crippen LogP contribution in [0.4, 0.5) is 10.5 Å². The summed E-state index contributed by atoms with van der Waals surface area (Å²) in [5, 5.41) is 5.15. The predicted octanol–water partition coefficient (Wildman–Crippen LogP) is 2.32. The Balaban J connectivity index is 1.98. The number of carbonyl (C=O) groups is 3. The van der Waals surface area contributed by atoms with E-state index in [0.29, 0.717) is 0 Å². The fourth-order valence-corrected chi connectivity index (χ4v) is 2.83. The largest absolute Gasteiger partial charge is 0.454 e. The number of para-hydroxylation sites is 1. The number of hydrogen-bond donors (Lipinski definition) is 3. The van der Waals surface area contributed by atoms with E-state index in [4.69, 9.17) is 10.5 Å². The van der Waals surface area contributed by atoms with Crippen molar-refractivity contribution in [3.05, 3.63) is 65.2 Å². The lowest BCUT2D eigenvalue weighted by atomic mass is 10.1. The number of amides is 3. The van der Waals surface area contributed by atoms with E-state index in [0.717, 1.165) is 28.8 Å². The maximum Gasteiger partial charge on any atom is 0.329 e. The van der Waals surface area contributed by atoms with Gasteiger partial charge in [0.2, 0.25) is 0 Å². The lowest BCUT2D eigenvalue weighted by Crippen LogP contribution is -2.46. The van der Waals surface area contributed by atoms with Crippen molar-refractivity contribution in [1.29, 1.82) is 0 Å². The first kappa shape index (κ1) is 21.0. The van der Waals surface area contributed by atoms with Crippen molar-refractivity contribution in [3.8, 4) is 0 Å². The molecular weight excluding hydrogens is 358 g/mol. The van der Waals surface area contributed by atoms with Gasteiger partial charge >= 0.3 is 12.0 Å². The van der Waals surface area contributed by atoms with Crippen LogP contribution in [-0.2, 0) is 27.2 Å². The fraction of sp³-hybridized carbons (Fsp3) is 0.286. The molecule has 4 N–H and O–H groups in total. The van der Waals surface area contributed by atoms with Crippen LogP contribution in [0.5, 0.6) is 0 Å². The summed E-state index contributed by atoms with van der Waals surface area (Å²) in [4.78, 5) is 35.8. The Hall–Kier alpha value is -3.35. The van der Waals surface area contributed by atoms with Crippen LogP contribution in [0.2, 0.25) is 0 Å². The smallest absolute Gasteiger partial charge is 0.329 e. The number of aryl methyl sites for hydroxylation is 2. The van der Waals surface area contributed by atoms with Crippen LogP contribution in [0.15, 0.2) is 48.5 Å². The molecule has 1 atom stereocenters. The van der Waals surface area contributed by atoms with Gasteiger partial charge in [0.1, 0.15) is 6.04 Å². The van der Waals surface area contributed by atoms with E-state index in [1.807, 2.05) is 62.4 Å². The SMILES string of the molecule is CCc1cccc(C)c1NC(=O)COC(=O)[C@H](Cc1ccccc1)NC(N)=O. The topological polar surface area (TPSA) is 111 Å². The Bertz CT molecular complexity index is 837. The van der Waals surface area contributed by atoms with Gasteiger partial charge in [-0.3, -0.25) is 4.79 Å². The molecular formula is C21H25N3O4. The summed E-state index contributed by atoms with van der Waals surface area (Å²) in [7, 11) is 0. The van der Waals surface area contributed by atoms with E-state index in [9.17, 15) is 14.4 Å². The molecule has 0 saturated carbocycles. The van der Waals surface area contributed by atoms with Crippen LogP contribution in [0.25, 0.3) is 0 Å². The third kappa shape index (κ3) is 6.12. The monoisotopic (exact) mass is 383 g/mol. The molecule has 148 valence electrons. The highest BCUT2D eigenvalue weighted by molar-refractivity contribution is 5.94. The molecule has 0 aliphatic rings. The van der Waals surface area contributed by atoms with Crippen molar-refractivity contribution in [2.24, 2.45) is 5.73 Å². The van der Waals surface area contributed by atoms with Crippen molar-refractivity contribution in [1.82, 2.24) is 5.32 Å². The van der Waals surface area contributed by atoms with Gasteiger partial charge in [-0.15, -0.1) is 0 Å². The lowest BCUT2D eigenvalue weighted by Gasteiger charge is -2.17. The van der Waals surface area contributed by atoms with E-state index in [1.54, 1.807) is 0 Å². The molecule has 28 heavy (non-hydrogen) atoms. The molecule has 0 saturated heterocycles. The van der Waals surface area contributed by atoms with Crippen LogP contribution < -0.4 is 16.4 Å². The number of ether oxygens (including phenoxy) is 1. The first-order chi connectivity index (χ1) is 13.4. The summed E-state index contributed by atoms with van der Waals surface area (Å²) in [5.74, 6) is -1.17. The number of hydrogen-bond acceptors (Lipinski definition) is 4. The Morgan fingerprint density at radius 1 is 1.07 bits per heavy atom. The summed E-state index contributed by atoms with van der Waals surface area (Å²) in [6, 6.07) is 13.1. The fourth-order valence-electron chi connectivity index (χ4n) is 2.83. The van der Waals surface area contributed by atoms with Crippen molar-refractivity contribution in [2.45, 2.75) is 32.7 Å². The second-order valence-corrected chi connectivity index (χ2v) is 6.37. The number of anilines is 1. The highest BCUT2D eigenvalue weighted by Crippen LogP contribution is 2.20. The maximum atomic E-state index is 12.4. The normalized spacial score (nSPS) is 11.4. The zero-order chi connectivity index (χ0) is 20.5. The molecule has 0 heterocycles. The number of primary amides is 1. The number of urea groups is 1. The Kier molecular flexibility index (Phi) is 7.56. The average molecular weight is 383 g/mol. The summed E-state index contributed by atoms with van der Waals surface area (Å²) < 4.78 is 5.10. The van der Waals surface area contributed by atoms with E-state index >= 15 is 0 Å². The molecule has 0 bridgehead atoms. The molecule has 3 amide bonds. The number of rotatable bonds is 8. The van der Waals surface area contributed by atoms with Crippen LogP contribution >= 0.6 is 0 Å². The summed E-state index contributed by atoms with van der Waals surface area (Å²) >= 11 is 0. The number of esters is 1. The molecule has 2 aromatic carbocycles. The molecule has 0 fully saturated rings. The maximum absolute atomic E-state index is 12.4. The highest BCUT2D eigenvalue weighted by atomic mass is 16.5. The summed E-state index contributed by atoms with van der Waals surface area (Å²) in [6.45, 7) is 3.43. The van der Waals surface area contributed by atoms with Crippen LogP contribution in [0.1, 0.15) is 23.6 Å². The van der Waals surface area contributed by atoms with Crippen LogP contribution in [-0.4, -0.2) is 30.6 Å². The molecule has 0 aliphatic carbocycles. The Morgan fingerprint density at radius 2 is 1.79 bits per heavy atom. The molecule has 0 aromatic heterocycles. The summed E-state index contributed by atoms with van der Waals surface area (Å²) in [5.41, 5.74) is 8.63. The zero-order valence-corrected chi connectivity index (χ0v) is 16.0.